The maximum absolute atomic E-state index is 11.7. The van der Waals surface area contributed by atoms with E-state index in [1.165, 1.54) is 17.0 Å². The van der Waals surface area contributed by atoms with Crippen LogP contribution in [0.25, 0.3) is 0 Å². The maximum atomic E-state index is 11.7. The third-order valence-electron chi connectivity index (χ3n) is 3.03. The summed E-state index contributed by atoms with van der Waals surface area (Å²) in [6, 6.07) is 11.5. The molecule has 0 spiro atoms. The van der Waals surface area contributed by atoms with Crippen LogP contribution in [0.15, 0.2) is 52.4 Å². The van der Waals surface area contributed by atoms with Crippen molar-refractivity contribution in [3.8, 4) is 0 Å². The molecule has 2 aromatic rings. The first-order valence-electron chi connectivity index (χ1n) is 7.13. The van der Waals surface area contributed by atoms with Gasteiger partial charge in [-0.25, -0.2) is 4.98 Å². The second-order valence-electron chi connectivity index (χ2n) is 4.82. The van der Waals surface area contributed by atoms with Gasteiger partial charge in [-0.3, -0.25) is 14.2 Å². The minimum Gasteiger partial charge on any atom is -0.354 e. The second-order valence-corrected chi connectivity index (χ2v) is 5.99. The summed E-state index contributed by atoms with van der Waals surface area (Å²) in [6.45, 7) is 2.64. The Kier molecular flexibility index (Phi) is 6.21. The zero-order valence-corrected chi connectivity index (χ0v) is 13.3. The van der Waals surface area contributed by atoms with E-state index < -0.39 is 0 Å². The average molecular weight is 317 g/mol. The van der Waals surface area contributed by atoms with Crippen molar-refractivity contribution in [3.63, 3.8) is 0 Å². The number of thioether (sulfide) groups is 1. The molecular weight excluding hydrogens is 298 g/mol. The van der Waals surface area contributed by atoms with E-state index in [1.54, 1.807) is 18.7 Å². The minimum absolute atomic E-state index is 0.00319. The molecule has 0 bridgehead atoms. The molecule has 1 aromatic carbocycles. The van der Waals surface area contributed by atoms with Crippen molar-refractivity contribution in [3.05, 3.63) is 58.8 Å². The van der Waals surface area contributed by atoms with Crippen molar-refractivity contribution in [2.75, 3.05) is 12.3 Å². The van der Waals surface area contributed by atoms with Gasteiger partial charge in [0, 0.05) is 41.9 Å². The van der Waals surface area contributed by atoms with Gasteiger partial charge in [-0.05, 0) is 19.1 Å². The summed E-state index contributed by atoms with van der Waals surface area (Å²) in [7, 11) is 0. The number of nitrogens with one attached hydrogen (secondary N) is 1. The van der Waals surface area contributed by atoms with Crippen molar-refractivity contribution in [1.29, 1.82) is 0 Å². The van der Waals surface area contributed by atoms with E-state index in [4.69, 9.17) is 0 Å². The molecule has 0 aliphatic carbocycles. The standard InChI is InChI=1S/C16H19N3O2S/c1-13-11-16(21)19(12-18-13)9-8-17-15(20)7-10-22-14-5-3-2-4-6-14/h2-6,11-12H,7-10H2,1H3,(H,17,20). The molecule has 1 heterocycles. The number of carbonyl (C=O) groups is 1. The van der Waals surface area contributed by atoms with Crippen LogP contribution in [0.4, 0.5) is 0 Å². The fourth-order valence-corrected chi connectivity index (χ4v) is 2.74. The van der Waals surface area contributed by atoms with Crippen molar-refractivity contribution in [2.24, 2.45) is 0 Å². The number of carbonyl (C=O) groups excluding carboxylic acids is 1. The molecule has 5 nitrogen and oxygen atoms in total. The van der Waals surface area contributed by atoms with Crippen molar-refractivity contribution in [1.82, 2.24) is 14.9 Å². The lowest BCUT2D eigenvalue weighted by molar-refractivity contribution is -0.120. The third-order valence-corrected chi connectivity index (χ3v) is 4.05. The normalized spacial score (nSPS) is 10.4. The number of hydrogen-bond acceptors (Lipinski definition) is 4. The number of aryl methyl sites for hydroxylation is 1. The zero-order chi connectivity index (χ0) is 15.8. The van der Waals surface area contributed by atoms with Crippen LogP contribution in [0.3, 0.4) is 0 Å². The van der Waals surface area contributed by atoms with Gasteiger partial charge in [0.1, 0.15) is 0 Å². The molecule has 6 heteroatoms. The number of benzene rings is 1. The van der Waals surface area contributed by atoms with Crippen LogP contribution in [-0.4, -0.2) is 27.8 Å². The molecule has 116 valence electrons. The first-order valence-corrected chi connectivity index (χ1v) is 8.11. The van der Waals surface area contributed by atoms with Crippen molar-refractivity contribution in [2.45, 2.75) is 24.8 Å². The van der Waals surface area contributed by atoms with E-state index >= 15 is 0 Å². The van der Waals surface area contributed by atoms with Gasteiger partial charge in [0.15, 0.2) is 0 Å². The minimum atomic E-state index is -0.0959. The van der Waals surface area contributed by atoms with E-state index in [1.807, 2.05) is 30.3 Å². The Balaban J connectivity index is 1.66. The lowest BCUT2D eigenvalue weighted by Gasteiger charge is -2.07. The van der Waals surface area contributed by atoms with Gasteiger partial charge in [-0.15, -0.1) is 11.8 Å². The number of aromatic nitrogens is 2. The molecule has 0 fully saturated rings. The molecule has 0 unspecified atom stereocenters. The van der Waals surface area contributed by atoms with Crippen LogP contribution in [0.2, 0.25) is 0 Å². The fraction of sp³-hybridized carbons (Fsp3) is 0.312. The van der Waals surface area contributed by atoms with E-state index in [0.29, 0.717) is 25.2 Å². The van der Waals surface area contributed by atoms with Gasteiger partial charge in [0.05, 0.1) is 6.33 Å². The van der Waals surface area contributed by atoms with Crippen LogP contribution in [0.1, 0.15) is 12.1 Å². The van der Waals surface area contributed by atoms with Gasteiger partial charge >= 0.3 is 0 Å². The van der Waals surface area contributed by atoms with Gasteiger partial charge < -0.3 is 5.32 Å². The van der Waals surface area contributed by atoms with Crippen molar-refractivity contribution >= 4 is 17.7 Å². The lowest BCUT2D eigenvalue weighted by Crippen LogP contribution is -2.31. The summed E-state index contributed by atoms with van der Waals surface area (Å²) in [5.41, 5.74) is 0.601. The Hall–Kier alpha value is -2.08. The molecule has 0 aliphatic heterocycles. The van der Waals surface area contributed by atoms with Crippen LogP contribution in [0.5, 0.6) is 0 Å². The molecule has 0 saturated heterocycles. The SMILES string of the molecule is Cc1cc(=O)n(CCNC(=O)CCSc2ccccc2)cn1. The van der Waals surface area contributed by atoms with Crippen LogP contribution >= 0.6 is 11.8 Å². The Morgan fingerprint density at radius 1 is 1.32 bits per heavy atom. The number of amides is 1. The Labute approximate surface area is 133 Å². The zero-order valence-electron chi connectivity index (χ0n) is 12.5. The molecule has 0 saturated carbocycles. The maximum Gasteiger partial charge on any atom is 0.253 e. The van der Waals surface area contributed by atoms with Crippen LogP contribution in [-0.2, 0) is 11.3 Å². The average Bonchev–Trinajstić information content (AvgIpc) is 2.50. The number of hydrogen-bond donors (Lipinski definition) is 1. The monoisotopic (exact) mass is 317 g/mol. The highest BCUT2D eigenvalue weighted by molar-refractivity contribution is 7.99. The molecular formula is C16H19N3O2S. The van der Waals surface area contributed by atoms with Gasteiger partial charge in [0.2, 0.25) is 5.91 Å². The summed E-state index contributed by atoms with van der Waals surface area (Å²) in [6.07, 6.45) is 1.97. The van der Waals surface area contributed by atoms with E-state index in [-0.39, 0.29) is 11.5 Å². The fourth-order valence-electron chi connectivity index (χ4n) is 1.87. The summed E-state index contributed by atoms with van der Waals surface area (Å²) in [4.78, 5) is 28.6. The Morgan fingerprint density at radius 2 is 2.09 bits per heavy atom. The van der Waals surface area contributed by atoms with E-state index in [0.717, 1.165) is 10.6 Å². The Bertz CT molecular complexity index is 671. The molecule has 1 aromatic heterocycles. The van der Waals surface area contributed by atoms with E-state index in [9.17, 15) is 9.59 Å². The summed E-state index contributed by atoms with van der Waals surface area (Å²) >= 11 is 1.66. The van der Waals surface area contributed by atoms with E-state index in [2.05, 4.69) is 10.3 Å². The Morgan fingerprint density at radius 3 is 2.82 bits per heavy atom. The van der Waals surface area contributed by atoms with Gasteiger partial charge in [-0.1, -0.05) is 18.2 Å². The molecule has 0 radical (unpaired) electrons. The number of nitrogens with zero attached hydrogens (tertiary/aromatic N) is 2. The van der Waals surface area contributed by atoms with Crippen LogP contribution in [0, 0.1) is 6.92 Å². The van der Waals surface area contributed by atoms with Crippen molar-refractivity contribution < 1.29 is 4.79 Å². The number of rotatable bonds is 7. The predicted molar refractivity (Wildman–Crippen MR) is 88.0 cm³/mol. The smallest absolute Gasteiger partial charge is 0.253 e. The van der Waals surface area contributed by atoms with Gasteiger partial charge in [-0.2, -0.15) is 0 Å². The first kappa shape index (κ1) is 16.3. The van der Waals surface area contributed by atoms with Gasteiger partial charge in [0.25, 0.3) is 5.56 Å². The third kappa shape index (κ3) is 5.37. The highest BCUT2D eigenvalue weighted by atomic mass is 32.2. The summed E-state index contributed by atoms with van der Waals surface area (Å²) < 4.78 is 1.49. The molecule has 0 aliphatic rings. The quantitative estimate of drug-likeness (QED) is 0.792. The summed E-state index contributed by atoms with van der Waals surface area (Å²) in [5, 5.41) is 2.82. The highest BCUT2D eigenvalue weighted by Crippen LogP contribution is 2.17. The largest absolute Gasteiger partial charge is 0.354 e. The molecule has 22 heavy (non-hydrogen) atoms. The first-order chi connectivity index (χ1) is 10.6. The molecule has 1 N–H and O–H groups in total. The molecule has 2 rings (SSSR count). The lowest BCUT2D eigenvalue weighted by atomic mass is 10.4. The second kappa shape index (κ2) is 8.38. The van der Waals surface area contributed by atoms with Crippen LogP contribution < -0.4 is 10.9 Å². The molecule has 1 amide bonds. The summed E-state index contributed by atoms with van der Waals surface area (Å²) in [5.74, 6) is 0.735. The molecule has 0 atom stereocenters. The predicted octanol–water partition coefficient (Wildman–Crippen LogP) is 1.85. The topological polar surface area (TPSA) is 64.0 Å². The highest BCUT2D eigenvalue weighted by Gasteiger charge is 2.02.